The van der Waals surface area contributed by atoms with Crippen LogP contribution in [-0.2, 0) is 0 Å². The Hall–Kier alpha value is -5.92. The van der Waals surface area contributed by atoms with E-state index in [4.69, 9.17) is 22.2 Å². The average molecular weight is 587 g/mol. The van der Waals surface area contributed by atoms with E-state index >= 15 is 0 Å². The van der Waals surface area contributed by atoms with Crippen LogP contribution in [-0.4, -0.2) is 0 Å². The maximum Gasteiger partial charge on any atom is 0.136 e. The van der Waals surface area contributed by atoms with E-state index in [0.29, 0.717) is 54.6 Å². The van der Waals surface area contributed by atoms with E-state index in [0.717, 1.165) is 11.1 Å². The van der Waals surface area contributed by atoms with Gasteiger partial charge in [0, 0.05) is 10.8 Å². The fraction of sp³-hybridized carbons (Fsp3) is 0. The first-order chi connectivity index (χ1) is 28.1. The van der Waals surface area contributed by atoms with Gasteiger partial charge in [-0.25, -0.2) is 0 Å². The molecular formula is C44H28O. The van der Waals surface area contributed by atoms with Gasteiger partial charge in [-0.1, -0.05) is 151 Å². The Morgan fingerprint density at radius 1 is 0.378 bits per heavy atom. The van der Waals surface area contributed by atoms with Gasteiger partial charge in [0.25, 0.3) is 0 Å². The summed E-state index contributed by atoms with van der Waals surface area (Å²) in [6.45, 7) is 0. The summed E-state index contributed by atoms with van der Waals surface area (Å²) in [6.07, 6.45) is 0. The molecule has 0 unspecified atom stereocenters. The molecule has 0 amide bonds. The van der Waals surface area contributed by atoms with Crippen LogP contribution in [0, 0.1) is 0 Å². The molecule has 0 aliphatic carbocycles. The maximum absolute atomic E-state index is 9.29. The van der Waals surface area contributed by atoms with Crippen LogP contribution < -0.4 is 0 Å². The zero-order valence-corrected chi connectivity index (χ0v) is 23.5. The Kier molecular flexibility index (Phi) is 3.50. The van der Waals surface area contributed by atoms with Crippen LogP contribution in [0.2, 0.25) is 0 Å². The van der Waals surface area contributed by atoms with Crippen molar-refractivity contribution in [3.05, 3.63) is 170 Å². The topological polar surface area (TPSA) is 13.1 Å². The predicted octanol–water partition coefficient (Wildman–Crippen LogP) is 12.6. The minimum atomic E-state index is -0.633. The molecule has 0 spiro atoms. The number of rotatable bonds is 4. The number of furan rings is 1. The minimum absolute atomic E-state index is 0.0126. The molecule has 0 saturated carbocycles. The van der Waals surface area contributed by atoms with E-state index in [9.17, 15) is 1.37 Å². The summed E-state index contributed by atoms with van der Waals surface area (Å²) in [5.41, 5.74) is 2.71. The first-order valence-corrected chi connectivity index (χ1v) is 14.3. The van der Waals surface area contributed by atoms with Gasteiger partial charge in [0.1, 0.15) is 11.2 Å². The Balaban J connectivity index is 1.36. The summed E-state index contributed by atoms with van der Waals surface area (Å²) < 4.78 is 127. The molecule has 1 heteroatoms. The fourth-order valence-electron chi connectivity index (χ4n) is 6.35. The third-order valence-electron chi connectivity index (χ3n) is 8.17. The highest BCUT2D eigenvalue weighted by molar-refractivity contribution is 6.23. The molecule has 1 nitrogen and oxygen atoms in total. The molecule has 9 aromatic rings. The second kappa shape index (κ2) is 10.4. The van der Waals surface area contributed by atoms with Crippen LogP contribution in [0.1, 0.15) is 19.2 Å². The molecule has 0 fully saturated rings. The Morgan fingerprint density at radius 2 is 0.933 bits per heavy atom. The maximum atomic E-state index is 9.29. The molecule has 45 heavy (non-hydrogen) atoms. The summed E-state index contributed by atoms with van der Waals surface area (Å²) >= 11 is 0. The normalized spacial score (nSPS) is 15.9. The van der Waals surface area contributed by atoms with Crippen LogP contribution in [0.15, 0.2) is 174 Å². The molecule has 1 aromatic heterocycles. The smallest absolute Gasteiger partial charge is 0.136 e. The number of fused-ring (bicyclic) bond motifs is 5. The van der Waals surface area contributed by atoms with Gasteiger partial charge >= 0.3 is 0 Å². The van der Waals surface area contributed by atoms with Crippen LogP contribution in [0.25, 0.3) is 88.0 Å². The number of hydrogen-bond acceptors (Lipinski definition) is 1. The first kappa shape index (κ1) is 15.2. The molecule has 0 N–H and O–H groups in total. The van der Waals surface area contributed by atoms with E-state index in [1.54, 1.807) is 30.3 Å². The van der Waals surface area contributed by atoms with Gasteiger partial charge in [0.15, 0.2) is 0 Å². The quantitative estimate of drug-likeness (QED) is 0.187. The summed E-state index contributed by atoms with van der Waals surface area (Å²) in [4.78, 5) is 0. The molecule has 8 aromatic carbocycles. The van der Waals surface area contributed by atoms with Gasteiger partial charge < -0.3 is 4.42 Å². The zero-order valence-electron chi connectivity index (χ0n) is 37.5. The van der Waals surface area contributed by atoms with E-state index < -0.39 is 72.5 Å². The van der Waals surface area contributed by atoms with E-state index in [2.05, 4.69) is 0 Å². The summed E-state index contributed by atoms with van der Waals surface area (Å²) in [7, 11) is 0. The Labute approximate surface area is 281 Å². The molecule has 1 heterocycles. The van der Waals surface area contributed by atoms with Crippen molar-refractivity contribution in [2.45, 2.75) is 0 Å². The molecule has 0 aliphatic rings. The summed E-state index contributed by atoms with van der Waals surface area (Å²) in [5, 5.41) is 3.77. The van der Waals surface area contributed by atoms with Crippen molar-refractivity contribution < 1.29 is 23.6 Å². The number of hydrogen-bond donors (Lipinski definition) is 0. The van der Waals surface area contributed by atoms with E-state index in [1.807, 2.05) is 54.6 Å². The van der Waals surface area contributed by atoms with Crippen LogP contribution >= 0.6 is 0 Å². The monoisotopic (exact) mass is 586 g/mol. The van der Waals surface area contributed by atoms with Gasteiger partial charge in [-0.15, -0.1) is 0 Å². The molecule has 0 atom stereocenters. The van der Waals surface area contributed by atoms with Gasteiger partial charge in [-0.3, -0.25) is 0 Å². The molecule has 210 valence electrons. The summed E-state index contributed by atoms with van der Waals surface area (Å²) in [5.74, 6) is 0. The lowest BCUT2D eigenvalue weighted by molar-refractivity contribution is 0.669. The lowest BCUT2D eigenvalue weighted by atomic mass is 9.84. The van der Waals surface area contributed by atoms with E-state index in [1.165, 1.54) is 0 Å². The largest absolute Gasteiger partial charge is 0.456 e. The highest BCUT2D eigenvalue weighted by atomic mass is 16.3. The molecular weight excluding hydrogens is 544 g/mol. The number of benzene rings is 8. The standard InChI is InChI=1S/C44H28O/c1-3-14-29(15-4-1)32-18-7-8-19-34(32)43-37-22-11-9-20-35(37)42(36-21-10-12-23-38(36)43)31-26-27-39-41(28-31)45-40-25-13-24-33(44(39)40)30-16-5-2-6-17-30/h1-28H/i1D,2D,3D,4D,5D,6D,7D,8D,14D,15D,16D,17D,18D,19D. The molecule has 0 radical (unpaired) electrons. The third kappa shape index (κ3) is 4.09. The van der Waals surface area contributed by atoms with Crippen molar-refractivity contribution in [2.75, 3.05) is 0 Å². The highest BCUT2D eigenvalue weighted by Crippen LogP contribution is 2.47. The zero-order chi connectivity index (χ0) is 41.9. The van der Waals surface area contributed by atoms with Crippen molar-refractivity contribution >= 4 is 43.5 Å². The van der Waals surface area contributed by atoms with Gasteiger partial charge in [-0.05, 0) is 84.3 Å². The van der Waals surface area contributed by atoms with Crippen LogP contribution in [0.4, 0.5) is 0 Å². The third-order valence-corrected chi connectivity index (χ3v) is 8.17. The highest BCUT2D eigenvalue weighted by Gasteiger charge is 2.20. The Bertz CT molecular complexity index is 3220. The molecule has 0 saturated heterocycles. The summed E-state index contributed by atoms with van der Waals surface area (Å²) in [6, 6.07) is 18.2. The van der Waals surface area contributed by atoms with Crippen molar-refractivity contribution in [2.24, 2.45) is 0 Å². The van der Waals surface area contributed by atoms with Crippen molar-refractivity contribution in [3.63, 3.8) is 0 Å². The average Bonchev–Trinajstić information content (AvgIpc) is 3.62. The fourth-order valence-corrected chi connectivity index (χ4v) is 6.35. The second-order valence-corrected chi connectivity index (χ2v) is 10.6. The molecule has 9 rings (SSSR count). The van der Waals surface area contributed by atoms with Crippen molar-refractivity contribution in [1.29, 1.82) is 0 Å². The molecule has 0 bridgehead atoms. The van der Waals surface area contributed by atoms with Gasteiger partial charge in [0.2, 0.25) is 0 Å². The first-order valence-electron chi connectivity index (χ1n) is 21.3. The lowest BCUT2D eigenvalue weighted by Crippen LogP contribution is -1.92. The predicted molar refractivity (Wildman–Crippen MR) is 190 cm³/mol. The van der Waals surface area contributed by atoms with Crippen molar-refractivity contribution in [1.82, 2.24) is 0 Å². The Morgan fingerprint density at radius 3 is 1.58 bits per heavy atom. The lowest BCUT2D eigenvalue weighted by Gasteiger charge is -2.19. The van der Waals surface area contributed by atoms with E-state index in [-0.39, 0.29) is 34.3 Å². The van der Waals surface area contributed by atoms with Crippen LogP contribution in [0.5, 0.6) is 0 Å². The van der Waals surface area contributed by atoms with Crippen LogP contribution in [0.3, 0.4) is 0 Å². The van der Waals surface area contributed by atoms with Gasteiger partial charge in [0.05, 0.1) is 19.2 Å². The van der Waals surface area contributed by atoms with Gasteiger partial charge in [-0.2, -0.15) is 0 Å². The SMILES string of the molecule is [2H]c1c([2H])c([2H])c(-c2c([2H])c([2H])c([2H])c([2H])c2-c2c3ccccc3c(-c3ccc4c(c3)oc3cccc(-c5c([2H])c([2H])c([2H])c([2H])c5[2H])c34)c3ccccc23)c([2H])c1[2H]. The second-order valence-electron chi connectivity index (χ2n) is 10.6. The van der Waals surface area contributed by atoms with Crippen molar-refractivity contribution in [3.8, 4) is 44.5 Å². The minimum Gasteiger partial charge on any atom is -0.456 e. The molecule has 0 aliphatic heterocycles.